The Morgan fingerprint density at radius 3 is 2.21 bits per heavy atom. The van der Waals surface area contributed by atoms with Crippen molar-refractivity contribution in [3.63, 3.8) is 0 Å². The molecule has 0 aromatic heterocycles. The van der Waals surface area contributed by atoms with Crippen LogP contribution in [0.3, 0.4) is 0 Å². The first-order valence-corrected chi connectivity index (χ1v) is 14.3. The van der Waals surface area contributed by atoms with E-state index in [-0.39, 0.29) is 23.8 Å². The number of hydrogen-bond acceptors (Lipinski definition) is 6. The number of nitrogens with one attached hydrogen (secondary N) is 3. The van der Waals surface area contributed by atoms with E-state index in [9.17, 15) is 36.0 Å². The maximum atomic E-state index is 13.0. The maximum Gasteiger partial charge on any atom is 0.416 e. The molecule has 3 atom stereocenters. The summed E-state index contributed by atoms with van der Waals surface area (Å²) in [7, 11) is -3.58. The maximum absolute atomic E-state index is 13.0. The molecule has 0 bridgehead atoms. The van der Waals surface area contributed by atoms with Crippen LogP contribution in [-0.2, 0) is 25.5 Å². The van der Waals surface area contributed by atoms with Crippen molar-refractivity contribution in [3.8, 4) is 0 Å². The molecule has 9 nitrogen and oxygen atoms in total. The molecule has 2 rings (SSSR count). The van der Waals surface area contributed by atoms with Crippen LogP contribution in [0.2, 0.25) is 0 Å². The summed E-state index contributed by atoms with van der Waals surface area (Å²) >= 11 is 0. The zero-order valence-electron chi connectivity index (χ0n) is 23.1. The SMILES string of the molecule is CC(C)(C)OC(=O)N[C@@H]1CC[C@H](NC(=O)CNC(=O)c2cccc(C(F)(F)F)c2)[C@H](CS(=O)(=O)C(C)(C)C)C1. The van der Waals surface area contributed by atoms with Crippen molar-refractivity contribution >= 4 is 27.7 Å². The Kier molecular flexibility index (Phi) is 10.1. The van der Waals surface area contributed by atoms with Gasteiger partial charge in [-0.3, -0.25) is 9.59 Å². The number of sulfone groups is 1. The highest BCUT2D eigenvalue weighted by atomic mass is 32.2. The molecule has 1 aliphatic rings. The Bertz CT molecular complexity index is 1160. The number of amides is 3. The van der Waals surface area contributed by atoms with E-state index in [0.717, 1.165) is 12.1 Å². The molecule has 3 N–H and O–H groups in total. The summed E-state index contributed by atoms with van der Waals surface area (Å²) in [4.78, 5) is 37.2. The van der Waals surface area contributed by atoms with Gasteiger partial charge in [0.2, 0.25) is 5.91 Å². The lowest BCUT2D eigenvalue weighted by Gasteiger charge is -2.38. The summed E-state index contributed by atoms with van der Waals surface area (Å²) < 4.78 is 69.0. The van der Waals surface area contributed by atoms with Crippen molar-refractivity contribution in [1.29, 1.82) is 0 Å². The van der Waals surface area contributed by atoms with Gasteiger partial charge in [-0.25, -0.2) is 13.2 Å². The van der Waals surface area contributed by atoms with Crippen LogP contribution in [0.4, 0.5) is 18.0 Å². The quantitative estimate of drug-likeness (QED) is 0.452. The molecule has 39 heavy (non-hydrogen) atoms. The topological polar surface area (TPSA) is 131 Å². The molecule has 1 aliphatic carbocycles. The summed E-state index contributed by atoms with van der Waals surface area (Å²) in [6.45, 7) is 9.41. The van der Waals surface area contributed by atoms with Crippen molar-refractivity contribution in [2.75, 3.05) is 12.3 Å². The molecule has 220 valence electrons. The number of hydrogen-bond donors (Lipinski definition) is 3. The van der Waals surface area contributed by atoms with Crippen molar-refractivity contribution in [2.24, 2.45) is 5.92 Å². The average molecular weight is 578 g/mol. The molecule has 3 amide bonds. The van der Waals surface area contributed by atoms with Gasteiger partial charge in [0, 0.05) is 17.6 Å². The molecule has 0 radical (unpaired) electrons. The Hall–Kier alpha value is -2.83. The number of halogens is 3. The van der Waals surface area contributed by atoms with Gasteiger partial charge >= 0.3 is 12.3 Å². The van der Waals surface area contributed by atoms with Crippen molar-refractivity contribution < 1.29 is 40.7 Å². The lowest BCUT2D eigenvalue weighted by molar-refractivity contribution is -0.137. The minimum Gasteiger partial charge on any atom is -0.444 e. The first kappa shape index (κ1) is 32.4. The molecule has 0 aliphatic heterocycles. The third kappa shape index (κ3) is 10.0. The van der Waals surface area contributed by atoms with Crippen LogP contribution in [0.1, 0.15) is 76.7 Å². The molecule has 1 aromatic carbocycles. The van der Waals surface area contributed by atoms with Crippen LogP contribution in [0.5, 0.6) is 0 Å². The highest BCUT2D eigenvalue weighted by Crippen LogP contribution is 2.31. The van der Waals surface area contributed by atoms with E-state index in [4.69, 9.17) is 4.74 Å². The number of ether oxygens (including phenoxy) is 1. The Morgan fingerprint density at radius 2 is 1.64 bits per heavy atom. The molecule has 0 heterocycles. The zero-order valence-corrected chi connectivity index (χ0v) is 23.9. The summed E-state index contributed by atoms with van der Waals surface area (Å²) in [6, 6.07) is 2.91. The third-order valence-electron chi connectivity index (χ3n) is 6.28. The lowest BCUT2D eigenvalue weighted by atomic mass is 9.82. The minimum atomic E-state index is -4.62. The van der Waals surface area contributed by atoms with Gasteiger partial charge in [-0.1, -0.05) is 6.07 Å². The van der Waals surface area contributed by atoms with Crippen molar-refractivity contribution in [2.45, 2.75) is 89.4 Å². The van der Waals surface area contributed by atoms with Gasteiger partial charge in [0.25, 0.3) is 5.91 Å². The van der Waals surface area contributed by atoms with Crippen LogP contribution < -0.4 is 16.0 Å². The molecule has 13 heteroatoms. The number of alkyl halides is 3. The Balaban J connectivity index is 2.07. The molecule has 1 saturated carbocycles. The summed E-state index contributed by atoms with van der Waals surface area (Å²) in [5.41, 5.74) is -1.94. The summed E-state index contributed by atoms with van der Waals surface area (Å²) in [5.74, 6) is -2.23. The normalized spacial score (nSPS) is 20.6. The third-order valence-corrected chi connectivity index (χ3v) is 9.01. The Morgan fingerprint density at radius 1 is 1.00 bits per heavy atom. The van der Waals surface area contributed by atoms with E-state index in [1.807, 2.05) is 0 Å². The highest BCUT2D eigenvalue weighted by Gasteiger charge is 2.39. The number of carbonyl (C=O) groups excluding carboxylic acids is 3. The van der Waals surface area contributed by atoms with E-state index in [2.05, 4.69) is 16.0 Å². The van der Waals surface area contributed by atoms with Gasteiger partial charge in [-0.15, -0.1) is 0 Å². The second-order valence-electron chi connectivity index (χ2n) is 11.7. The highest BCUT2D eigenvalue weighted by molar-refractivity contribution is 7.92. The molecule has 0 spiro atoms. The second kappa shape index (κ2) is 12.1. The fourth-order valence-corrected chi connectivity index (χ4v) is 5.56. The van der Waals surface area contributed by atoms with Crippen LogP contribution in [0, 0.1) is 5.92 Å². The van der Waals surface area contributed by atoms with Gasteiger partial charge in [0.1, 0.15) is 5.60 Å². The van der Waals surface area contributed by atoms with Gasteiger partial charge < -0.3 is 20.7 Å². The van der Waals surface area contributed by atoms with E-state index in [1.54, 1.807) is 41.5 Å². The average Bonchev–Trinajstić information content (AvgIpc) is 2.76. The Labute approximate surface area is 227 Å². The van der Waals surface area contributed by atoms with Crippen LogP contribution in [0.25, 0.3) is 0 Å². The van der Waals surface area contributed by atoms with Gasteiger partial charge in [-0.2, -0.15) is 13.2 Å². The van der Waals surface area contributed by atoms with Crippen LogP contribution in [-0.4, -0.2) is 61.1 Å². The monoisotopic (exact) mass is 577 g/mol. The van der Waals surface area contributed by atoms with Gasteiger partial charge in [-0.05, 0) is 84.9 Å². The van der Waals surface area contributed by atoms with Crippen LogP contribution in [0.15, 0.2) is 24.3 Å². The minimum absolute atomic E-state index is 0.232. The lowest BCUT2D eigenvalue weighted by Crippen LogP contribution is -2.53. The molecule has 0 saturated heterocycles. The van der Waals surface area contributed by atoms with E-state index < -0.39 is 68.3 Å². The number of carbonyl (C=O) groups is 3. The fourth-order valence-electron chi connectivity index (χ4n) is 4.13. The van der Waals surface area contributed by atoms with Gasteiger partial charge in [0.15, 0.2) is 9.84 Å². The predicted octanol–water partition coefficient (Wildman–Crippen LogP) is 3.83. The fraction of sp³-hybridized carbons (Fsp3) is 0.654. The number of benzene rings is 1. The molecule has 0 unspecified atom stereocenters. The standard InChI is InChI=1S/C26H38F3N3O6S/c1-24(2,3)38-23(35)31-19-10-11-20(17(13-19)15-39(36,37)25(4,5)6)32-21(33)14-30-22(34)16-8-7-9-18(12-16)26(27,28)29/h7-9,12,17,19-20H,10-11,13-15H2,1-6H3,(H,30,34)(H,31,35)(H,32,33)/t17-,19+,20-/m0/s1. The first-order valence-electron chi connectivity index (χ1n) is 12.6. The van der Waals surface area contributed by atoms with E-state index in [0.29, 0.717) is 18.9 Å². The number of alkyl carbamates (subject to hydrolysis) is 1. The second-order valence-corrected chi connectivity index (χ2v) is 14.5. The largest absolute Gasteiger partial charge is 0.444 e. The van der Waals surface area contributed by atoms with Crippen molar-refractivity contribution in [1.82, 2.24) is 16.0 Å². The van der Waals surface area contributed by atoms with E-state index in [1.165, 1.54) is 6.07 Å². The molecule has 1 aromatic rings. The van der Waals surface area contributed by atoms with Gasteiger partial charge in [0.05, 0.1) is 22.6 Å². The van der Waals surface area contributed by atoms with Crippen molar-refractivity contribution in [3.05, 3.63) is 35.4 Å². The van der Waals surface area contributed by atoms with Crippen LogP contribution >= 0.6 is 0 Å². The molecular weight excluding hydrogens is 539 g/mol. The smallest absolute Gasteiger partial charge is 0.416 e. The number of rotatable bonds is 7. The first-order chi connectivity index (χ1) is 17.7. The summed E-state index contributed by atoms with van der Waals surface area (Å²) in [6.07, 6.45) is -4.15. The zero-order chi connectivity index (χ0) is 29.8. The summed E-state index contributed by atoms with van der Waals surface area (Å²) in [5, 5.41) is 7.83. The molecule has 1 fully saturated rings. The van der Waals surface area contributed by atoms with E-state index >= 15 is 0 Å². The molecular formula is C26H38F3N3O6S. The predicted molar refractivity (Wildman–Crippen MR) is 140 cm³/mol.